The molecule has 31 heavy (non-hydrogen) atoms. The second kappa shape index (κ2) is 9.06. The molecule has 0 aliphatic carbocycles. The molecule has 6 nitrogen and oxygen atoms in total. The maximum Gasteiger partial charge on any atom is 0.255 e. The van der Waals surface area contributed by atoms with E-state index in [1.54, 1.807) is 26.0 Å². The highest BCUT2D eigenvalue weighted by molar-refractivity contribution is 7.98. The smallest absolute Gasteiger partial charge is 0.255 e. The van der Waals surface area contributed by atoms with Crippen molar-refractivity contribution < 1.29 is 18.8 Å². The van der Waals surface area contributed by atoms with Gasteiger partial charge in [0.05, 0.1) is 25.5 Å². The van der Waals surface area contributed by atoms with E-state index in [1.807, 2.05) is 55.1 Å². The fraction of sp³-hybridized carbons (Fsp3) is 0.333. The first-order valence-electron chi connectivity index (χ1n) is 10.2. The summed E-state index contributed by atoms with van der Waals surface area (Å²) in [5, 5.41) is 4.02. The van der Waals surface area contributed by atoms with Crippen molar-refractivity contribution in [3.63, 3.8) is 0 Å². The van der Waals surface area contributed by atoms with E-state index in [0.29, 0.717) is 24.6 Å². The zero-order chi connectivity index (χ0) is 22.0. The number of thioether (sulfide) groups is 1. The summed E-state index contributed by atoms with van der Waals surface area (Å²) in [7, 11) is 3.27. The second-order valence-electron chi connectivity index (χ2n) is 7.54. The lowest BCUT2D eigenvalue weighted by Gasteiger charge is -2.30. The normalized spacial score (nSPS) is 13.1. The number of fused-ring (bicyclic) bond motifs is 1. The molecule has 1 aromatic heterocycles. The Balaban J connectivity index is 1.54. The highest BCUT2D eigenvalue weighted by Crippen LogP contribution is 2.34. The van der Waals surface area contributed by atoms with E-state index in [2.05, 4.69) is 5.16 Å². The third kappa shape index (κ3) is 4.28. The van der Waals surface area contributed by atoms with Crippen LogP contribution in [0.4, 0.5) is 0 Å². The zero-order valence-corrected chi connectivity index (χ0v) is 19.0. The minimum atomic E-state index is 0.0438. The number of aromatic nitrogens is 1. The van der Waals surface area contributed by atoms with Gasteiger partial charge < -0.3 is 18.9 Å². The van der Waals surface area contributed by atoms with Crippen LogP contribution in [0.25, 0.3) is 0 Å². The molecule has 0 atom stereocenters. The largest absolute Gasteiger partial charge is 0.493 e. The molecule has 0 bridgehead atoms. The van der Waals surface area contributed by atoms with Crippen LogP contribution in [0.15, 0.2) is 45.8 Å². The molecule has 0 saturated carbocycles. The van der Waals surface area contributed by atoms with Gasteiger partial charge in [-0.25, -0.2) is 0 Å². The van der Waals surface area contributed by atoms with Gasteiger partial charge in [0.2, 0.25) is 0 Å². The molecule has 0 fully saturated rings. The third-order valence-electron chi connectivity index (χ3n) is 5.68. The number of methoxy groups -OCH3 is 2. The number of carbonyl (C=O) groups excluding carboxylic acids is 1. The van der Waals surface area contributed by atoms with Gasteiger partial charge in [-0.2, -0.15) is 0 Å². The average Bonchev–Trinajstić information content (AvgIpc) is 3.13. The van der Waals surface area contributed by atoms with E-state index >= 15 is 0 Å². The maximum absolute atomic E-state index is 13.4. The predicted octanol–water partition coefficient (Wildman–Crippen LogP) is 4.80. The van der Waals surface area contributed by atoms with Crippen molar-refractivity contribution in [2.75, 3.05) is 20.8 Å². The predicted molar refractivity (Wildman–Crippen MR) is 120 cm³/mol. The number of hydrogen-bond donors (Lipinski definition) is 0. The summed E-state index contributed by atoms with van der Waals surface area (Å²) in [5.74, 6) is 2.99. The molecule has 4 rings (SSSR count). The fourth-order valence-corrected chi connectivity index (χ4v) is 5.05. The standard InChI is InChI=1S/C24H26N2O4S/c1-15-20(16(2)30-25-15)14-31-23-8-6-5-7-19(23)24(27)26-10-9-17-11-21(28-3)22(29-4)12-18(17)13-26/h5-8,11-12H,9-10,13-14H2,1-4H3. The summed E-state index contributed by atoms with van der Waals surface area (Å²) in [5.41, 5.74) is 5.00. The minimum absolute atomic E-state index is 0.0438. The molecular formula is C24H26N2O4S. The Kier molecular flexibility index (Phi) is 6.23. The van der Waals surface area contributed by atoms with Gasteiger partial charge in [-0.05, 0) is 55.7 Å². The van der Waals surface area contributed by atoms with Crippen molar-refractivity contribution in [1.82, 2.24) is 10.1 Å². The number of ether oxygens (including phenoxy) is 2. The molecule has 0 unspecified atom stereocenters. The maximum atomic E-state index is 13.4. The van der Waals surface area contributed by atoms with Gasteiger partial charge in [-0.15, -0.1) is 11.8 Å². The molecule has 2 aromatic carbocycles. The van der Waals surface area contributed by atoms with Crippen LogP contribution in [-0.4, -0.2) is 36.7 Å². The summed E-state index contributed by atoms with van der Waals surface area (Å²) < 4.78 is 16.1. The Morgan fingerprint density at radius 2 is 1.84 bits per heavy atom. The molecule has 7 heteroatoms. The molecule has 3 aromatic rings. The lowest BCUT2D eigenvalue weighted by atomic mass is 9.98. The van der Waals surface area contributed by atoms with Gasteiger partial charge >= 0.3 is 0 Å². The van der Waals surface area contributed by atoms with E-state index < -0.39 is 0 Å². The lowest BCUT2D eigenvalue weighted by Crippen LogP contribution is -2.36. The molecule has 0 spiro atoms. The summed E-state index contributed by atoms with van der Waals surface area (Å²) in [6, 6.07) is 11.8. The van der Waals surface area contributed by atoms with Crippen molar-refractivity contribution in [2.24, 2.45) is 0 Å². The highest BCUT2D eigenvalue weighted by Gasteiger charge is 2.25. The van der Waals surface area contributed by atoms with Crippen molar-refractivity contribution >= 4 is 17.7 Å². The topological polar surface area (TPSA) is 64.8 Å². The first-order valence-corrected chi connectivity index (χ1v) is 11.2. The van der Waals surface area contributed by atoms with Gasteiger partial charge in [-0.3, -0.25) is 4.79 Å². The Labute approximate surface area is 186 Å². The molecular weight excluding hydrogens is 412 g/mol. The number of nitrogens with zero attached hydrogens (tertiary/aromatic N) is 2. The van der Waals surface area contributed by atoms with Crippen LogP contribution < -0.4 is 9.47 Å². The zero-order valence-electron chi connectivity index (χ0n) is 18.2. The van der Waals surface area contributed by atoms with Gasteiger partial charge in [-0.1, -0.05) is 17.3 Å². The van der Waals surface area contributed by atoms with Crippen LogP contribution in [0.1, 0.15) is 38.5 Å². The highest BCUT2D eigenvalue weighted by atomic mass is 32.2. The summed E-state index contributed by atoms with van der Waals surface area (Å²) >= 11 is 1.64. The number of carbonyl (C=O) groups is 1. The third-order valence-corrected chi connectivity index (χ3v) is 6.78. The van der Waals surface area contributed by atoms with Gasteiger partial charge in [0, 0.05) is 29.3 Å². The Morgan fingerprint density at radius 3 is 2.52 bits per heavy atom. The Bertz CT molecular complexity index is 1090. The van der Waals surface area contributed by atoms with Crippen LogP contribution in [0.3, 0.4) is 0 Å². The molecule has 1 aliphatic heterocycles. The van der Waals surface area contributed by atoms with E-state index in [4.69, 9.17) is 14.0 Å². The van der Waals surface area contributed by atoms with Crippen LogP contribution in [0.2, 0.25) is 0 Å². The van der Waals surface area contributed by atoms with Gasteiger partial charge in [0.1, 0.15) is 5.76 Å². The number of amides is 1. The monoisotopic (exact) mass is 438 g/mol. The number of hydrogen-bond acceptors (Lipinski definition) is 6. The van der Waals surface area contributed by atoms with Crippen LogP contribution in [-0.2, 0) is 18.7 Å². The number of rotatable bonds is 6. The molecule has 2 heterocycles. The Morgan fingerprint density at radius 1 is 1.13 bits per heavy atom. The molecule has 0 radical (unpaired) electrons. The van der Waals surface area contributed by atoms with Crippen molar-refractivity contribution in [2.45, 2.75) is 37.5 Å². The number of aryl methyl sites for hydroxylation is 2. The summed E-state index contributed by atoms with van der Waals surface area (Å²) in [6.45, 7) is 5.08. The van der Waals surface area contributed by atoms with E-state index in [-0.39, 0.29) is 5.91 Å². The van der Waals surface area contributed by atoms with Crippen LogP contribution in [0.5, 0.6) is 11.5 Å². The van der Waals surface area contributed by atoms with Crippen LogP contribution >= 0.6 is 11.8 Å². The summed E-state index contributed by atoms with van der Waals surface area (Å²) in [4.78, 5) is 16.3. The van der Waals surface area contributed by atoms with Gasteiger partial charge in [0.15, 0.2) is 11.5 Å². The fourth-order valence-electron chi connectivity index (χ4n) is 3.85. The minimum Gasteiger partial charge on any atom is -0.493 e. The van der Waals surface area contributed by atoms with Gasteiger partial charge in [0.25, 0.3) is 5.91 Å². The van der Waals surface area contributed by atoms with Crippen molar-refractivity contribution in [3.05, 3.63) is 70.1 Å². The van der Waals surface area contributed by atoms with E-state index in [1.165, 1.54) is 5.56 Å². The quantitative estimate of drug-likeness (QED) is 0.515. The number of benzene rings is 2. The second-order valence-corrected chi connectivity index (χ2v) is 8.56. The molecule has 1 aliphatic rings. The lowest BCUT2D eigenvalue weighted by molar-refractivity contribution is 0.0731. The average molecular weight is 439 g/mol. The molecule has 0 N–H and O–H groups in total. The first kappa shape index (κ1) is 21.3. The van der Waals surface area contributed by atoms with Crippen LogP contribution in [0, 0.1) is 13.8 Å². The van der Waals surface area contributed by atoms with Crippen molar-refractivity contribution in [3.8, 4) is 11.5 Å². The molecule has 162 valence electrons. The SMILES string of the molecule is COc1cc2c(cc1OC)CN(C(=O)c1ccccc1SCc1c(C)noc1C)CC2. The summed E-state index contributed by atoms with van der Waals surface area (Å²) in [6.07, 6.45) is 0.788. The van der Waals surface area contributed by atoms with E-state index in [0.717, 1.165) is 45.2 Å². The molecule has 0 saturated heterocycles. The van der Waals surface area contributed by atoms with E-state index in [9.17, 15) is 4.79 Å². The van der Waals surface area contributed by atoms with Crippen molar-refractivity contribution in [1.29, 1.82) is 0 Å². The first-order chi connectivity index (χ1) is 15.0. The molecule has 1 amide bonds. The Hall–Kier alpha value is -2.93.